The molecule has 0 saturated carbocycles. The van der Waals surface area contributed by atoms with Crippen LogP contribution in [0.25, 0.3) is 10.8 Å². The second kappa shape index (κ2) is 23.6. The van der Waals surface area contributed by atoms with Crippen molar-refractivity contribution >= 4 is 77.9 Å². The van der Waals surface area contributed by atoms with Gasteiger partial charge < -0.3 is 28.7 Å². The van der Waals surface area contributed by atoms with Crippen LogP contribution in [0.5, 0.6) is 0 Å². The van der Waals surface area contributed by atoms with Crippen molar-refractivity contribution in [1.29, 1.82) is 0 Å². The summed E-state index contributed by atoms with van der Waals surface area (Å²) in [6.45, 7) is 5.51. The van der Waals surface area contributed by atoms with Gasteiger partial charge in [0.1, 0.15) is 6.61 Å². The fourth-order valence-corrected chi connectivity index (χ4v) is 11.7. The van der Waals surface area contributed by atoms with Crippen molar-refractivity contribution < 1.29 is 83.3 Å². The van der Waals surface area contributed by atoms with Gasteiger partial charge in [-0.3, -0.25) is 18.7 Å². The third kappa shape index (κ3) is 12.2. The summed E-state index contributed by atoms with van der Waals surface area (Å²) in [4.78, 5) is 43.5. The van der Waals surface area contributed by atoms with E-state index in [-0.39, 0.29) is 56.7 Å². The van der Waals surface area contributed by atoms with E-state index in [4.69, 9.17) is 33.4 Å². The number of benzene rings is 3. The van der Waals surface area contributed by atoms with Crippen LogP contribution in [0.2, 0.25) is 0 Å². The molecule has 1 fully saturated rings. The van der Waals surface area contributed by atoms with Gasteiger partial charge in [-0.1, -0.05) is 29.3 Å². The molecule has 394 valence electrons. The van der Waals surface area contributed by atoms with Crippen molar-refractivity contribution in [3.8, 4) is 0 Å². The molecule has 73 heavy (non-hydrogen) atoms. The number of allylic oxidation sites excluding steroid dienone is 8. The lowest BCUT2D eigenvalue weighted by molar-refractivity contribution is -0.444. The molecule has 7 rings (SSSR count). The Hall–Kier alpha value is -5.15. The lowest BCUT2D eigenvalue weighted by Gasteiger charge is -2.30. The first-order valence-corrected chi connectivity index (χ1v) is 27.1. The van der Waals surface area contributed by atoms with E-state index < -0.39 is 58.6 Å². The van der Waals surface area contributed by atoms with E-state index >= 15 is 0 Å². The van der Waals surface area contributed by atoms with Gasteiger partial charge >= 0.3 is 16.1 Å². The summed E-state index contributed by atoms with van der Waals surface area (Å²) in [5.74, 6) is -2.10. The first kappa shape index (κ1) is 55.6. The number of hydroxylamine groups is 2. The number of nitrogens with zero attached hydrogens (tertiary/aromatic N) is 3. The van der Waals surface area contributed by atoms with Crippen LogP contribution in [0.15, 0.2) is 104 Å². The summed E-state index contributed by atoms with van der Waals surface area (Å²) in [6.07, 6.45) is 13.1. The van der Waals surface area contributed by atoms with Crippen molar-refractivity contribution in [2.45, 2.75) is 90.7 Å². The van der Waals surface area contributed by atoms with Gasteiger partial charge in [0.25, 0.3) is 21.9 Å². The molecule has 23 heteroatoms. The molecule has 0 bridgehead atoms. The molecular weight excluding hydrogens is 1010 g/mol. The second-order valence-electron chi connectivity index (χ2n) is 18.3. The summed E-state index contributed by atoms with van der Waals surface area (Å²) in [5, 5.41) is 13.7. The van der Waals surface area contributed by atoms with Crippen molar-refractivity contribution in [2.75, 3.05) is 72.4 Å². The van der Waals surface area contributed by atoms with Crippen LogP contribution in [0.1, 0.15) is 76.3 Å². The third-order valence-electron chi connectivity index (χ3n) is 13.6. The van der Waals surface area contributed by atoms with Crippen LogP contribution in [0.3, 0.4) is 0 Å². The van der Waals surface area contributed by atoms with Gasteiger partial charge in [0.05, 0.1) is 42.0 Å². The maximum atomic E-state index is 13.4. The molecule has 2 atom stereocenters. The van der Waals surface area contributed by atoms with Crippen LogP contribution in [-0.2, 0) is 78.6 Å². The summed E-state index contributed by atoms with van der Waals surface area (Å²) in [5.41, 5.74) is 4.72. The first-order chi connectivity index (χ1) is 34.8. The minimum absolute atomic E-state index is 0.00545. The number of carbonyl (C=O) groups excluding carboxylic acids is 3. The summed E-state index contributed by atoms with van der Waals surface area (Å²) >= 11 is 0.886. The average molecular weight is 1070 g/mol. The highest BCUT2D eigenvalue weighted by Crippen LogP contribution is 2.52. The number of hydrogen-bond acceptors (Lipinski definition) is 17. The molecule has 0 spiro atoms. The predicted octanol–water partition coefficient (Wildman–Crippen LogP) is 7.11. The van der Waals surface area contributed by atoms with Crippen molar-refractivity contribution in [1.82, 2.24) is 5.06 Å². The van der Waals surface area contributed by atoms with Gasteiger partial charge in [0.15, 0.2) is 17.2 Å². The van der Waals surface area contributed by atoms with Crippen molar-refractivity contribution in [2.24, 2.45) is 0 Å². The Morgan fingerprint density at radius 1 is 0.822 bits per heavy atom. The van der Waals surface area contributed by atoms with E-state index in [0.717, 1.165) is 63.9 Å². The Labute approximate surface area is 428 Å². The molecule has 3 heterocycles. The highest BCUT2D eigenvalue weighted by Gasteiger charge is 2.51. The molecule has 4 aliphatic rings. The van der Waals surface area contributed by atoms with Gasteiger partial charge in [-0.25, -0.2) is 10.1 Å². The van der Waals surface area contributed by atoms with Crippen molar-refractivity contribution in [3.63, 3.8) is 0 Å². The monoisotopic (exact) mass is 1070 g/mol. The molecule has 3 aromatic carbocycles. The molecule has 0 aromatic heterocycles. The Morgan fingerprint density at radius 2 is 1.53 bits per heavy atom. The number of methoxy groups -OCH3 is 3. The zero-order chi connectivity index (χ0) is 52.7. The van der Waals surface area contributed by atoms with Crippen LogP contribution >= 0.6 is 12.0 Å². The molecule has 0 radical (unpaired) electrons. The number of rotatable bonds is 24. The largest absolute Gasteiger partial charge is 0.385 e. The smallest absolute Gasteiger partial charge is 0.335 e. The summed E-state index contributed by atoms with van der Waals surface area (Å²) in [6, 6.07) is 10.9. The van der Waals surface area contributed by atoms with E-state index in [1.165, 1.54) is 25.3 Å². The number of carbonyl (C=O) groups is 3. The highest BCUT2D eigenvalue weighted by atomic mass is 32.2. The lowest BCUT2D eigenvalue weighted by Crippen LogP contribution is -2.33. The summed E-state index contributed by atoms with van der Waals surface area (Å²) in [7, 11) is -4.88. The molecule has 2 amide bonds. The lowest BCUT2D eigenvalue weighted by atomic mass is 9.74. The number of ether oxygens (including phenoxy) is 4. The first-order valence-electron chi connectivity index (χ1n) is 23.5. The van der Waals surface area contributed by atoms with E-state index in [2.05, 4.69) is 35.1 Å². The molecule has 1 saturated heterocycles. The molecule has 3 N–H and O–H groups in total. The van der Waals surface area contributed by atoms with Gasteiger partial charge in [-0.2, -0.15) is 21.4 Å². The van der Waals surface area contributed by atoms with Gasteiger partial charge in [0.2, 0.25) is 5.69 Å². The fraction of sp³-hybridized carbons (Fsp3) is 0.440. The maximum absolute atomic E-state index is 13.4. The van der Waals surface area contributed by atoms with Crippen LogP contribution in [0, 0.1) is 0 Å². The van der Waals surface area contributed by atoms with Crippen LogP contribution in [-0.4, -0.2) is 132 Å². The average Bonchev–Trinajstić information content (AvgIpc) is 3.89. The van der Waals surface area contributed by atoms with Crippen LogP contribution < -0.4 is 4.90 Å². The topological polar surface area (TPSA) is 254 Å². The molecule has 20 nitrogen and oxygen atoms in total. The predicted molar refractivity (Wildman–Crippen MR) is 267 cm³/mol. The molecular formula is C50H60N3O17S3+. The van der Waals surface area contributed by atoms with E-state index in [1.807, 2.05) is 37.3 Å². The van der Waals surface area contributed by atoms with Gasteiger partial charge in [0, 0.05) is 87.3 Å². The normalized spacial score (nSPS) is 21.4. The third-order valence-corrected chi connectivity index (χ3v) is 15.9. The van der Waals surface area contributed by atoms with E-state index in [0.29, 0.717) is 60.7 Å². The second-order valence-corrected chi connectivity index (χ2v) is 21.9. The molecule has 3 aromatic rings. The quantitative estimate of drug-likeness (QED) is 0.0154. The maximum Gasteiger partial charge on any atom is 0.335 e. The minimum atomic E-state index is -5.01. The van der Waals surface area contributed by atoms with Gasteiger partial charge in [-0.05, 0) is 116 Å². The number of hydrogen-bond donors (Lipinski definition) is 3. The molecule has 1 aliphatic carbocycles. The van der Waals surface area contributed by atoms with E-state index in [9.17, 15) is 40.3 Å². The Morgan fingerprint density at radius 3 is 2.21 bits per heavy atom. The van der Waals surface area contributed by atoms with Gasteiger partial charge in [-0.15, -0.1) is 9.40 Å². The molecule has 3 aliphatic heterocycles. The number of imide groups is 1. The standard InChI is InChI=1S/C50H59N3O17S3/c1-49(20-25-64-3)39-32-36(71-70-69-57)11-14-40(39)51(22-27-66-5)42(49)15-9-33-7-6-8-34(29-33)10-16-43-50(2,21-26-65-4)47-38-13-12-37(72(58,59)60)30-35(38)31-41(73(61,62)63)48(47)52(43)23-28-67-24-19-46(56)68-53-44(54)17-18-45(53)55/h9-16,29-32H,6-8,17-28H2,1-5H3,(H2-,57,58,59,60,61,62,63)/p+1. The number of anilines is 1. The van der Waals surface area contributed by atoms with E-state index in [1.54, 1.807) is 18.8 Å². The minimum Gasteiger partial charge on any atom is -0.385 e. The fourth-order valence-electron chi connectivity index (χ4n) is 10.0. The van der Waals surface area contributed by atoms with Crippen LogP contribution in [0.4, 0.5) is 11.4 Å². The highest BCUT2D eigenvalue weighted by molar-refractivity contribution is 7.94. The number of amides is 2. The Bertz CT molecular complexity index is 3010. The Kier molecular flexibility index (Phi) is 18.0. The zero-order valence-corrected chi connectivity index (χ0v) is 43.6. The summed E-state index contributed by atoms with van der Waals surface area (Å²) < 4.78 is 101. The van der Waals surface area contributed by atoms with Crippen molar-refractivity contribution in [3.05, 3.63) is 101 Å². The SMILES string of the molecule is COCCN1C(=CC=C2C=C(C=CC3=[N+](CCOCCC(=O)ON4C(=O)CCC4=O)c4c(S(=O)(=O)O)cc5cc(S(=O)(=O)O)ccc5c4C3(C)CCOC)CCC2)C(C)(CCOC)c2cc(SOOO)ccc21. The Balaban J connectivity index is 1.29. The number of fused-ring (bicyclic) bond motifs is 4. The zero-order valence-electron chi connectivity index (χ0n) is 41.2. The molecule has 2 unspecified atom stereocenters.